The number of hydrogen-bond donors (Lipinski definition) is 1. The number of carbonyl (C=O) groups is 2. The average molecular weight is 435 g/mol. The molecule has 0 bridgehead atoms. The lowest BCUT2D eigenvalue weighted by atomic mass is 10.1. The van der Waals surface area contributed by atoms with Gasteiger partial charge in [-0.05, 0) is 24.3 Å². The average Bonchev–Trinajstić information content (AvgIpc) is 3.26. The molecule has 2 aromatic carbocycles. The number of nitro groups is 1. The summed E-state index contributed by atoms with van der Waals surface area (Å²) in [5.41, 5.74) is 0.888. The van der Waals surface area contributed by atoms with Crippen LogP contribution in [0.3, 0.4) is 0 Å². The number of benzene rings is 2. The van der Waals surface area contributed by atoms with E-state index in [9.17, 15) is 24.1 Å². The van der Waals surface area contributed by atoms with E-state index in [0.29, 0.717) is 21.0 Å². The van der Waals surface area contributed by atoms with E-state index in [-0.39, 0.29) is 35.5 Å². The van der Waals surface area contributed by atoms with Crippen molar-refractivity contribution in [1.82, 2.24) is 4.98 Å². The van der Waals surface area contributed by atoms with Gasteiger partial charge < -0.3 is 10.2 Å². The highest BCUT2D eigenvalue weighted by atomic mass is 35.5. The maximum Gasteiger partial charge on any atom is 0.270 e. The van der Waals surface area contributed by atoms with Crippen LogP contribution in [0.2, 0.25) is 5.02 Å². The summed E-state index contributed by atoms with van der Waals surface area (Å²) in [6, 6.07) is 8.18. The Morgan fingerprint density at radius 2 is 2.14 bits per heavy atom. The molecule has 8 nitrogen and oxygen atoms in total. The first-order chi connectivity index (χ1) is 13.8. The minimum atomic E-state index is -0.618. The fraction of sp³-hybridized carbons (Fsp3) is 0.167. The Morgan fingerprint density at radius 1 is 1.34 bits per heavy atom. The summed E-state index contributed by atoms with van der Waals surface area (Å²) < 4.78 is 13.9. The van der Waals surface area contributed by atoms with E-state index in [1.54, 1.807) is 0 Å². The van der Waals surface area contributed by atoms with Gasteiger partial charge in [-0.2, -0.15) is 0 Å². The molecule has 1 N–H and O–H groups in total. The molecule has 1 atom stereocenters. The number of non-ortho nitro benzene ring substituents is 1. The molecule has 148 valence electrons. The Hall–Kier alpha value is -3.11. The molecule has 0 radical (unpaired) electrons. The van der Waals surface area contributed by atoms with Gasteiger partial charge in [0.1, 0.15) is 5.82 Å². The normalized spacial score (nSPS) is 16.4. The molecule has 3 aromatic rings. The van der Waals surface area contributed by atoms with Crippen LogP contribution in [0.25, 0.3) is 10.2 Å². The van der Waals surface area contributed by atoms with E-state index in [2.05, 4.69) is 10.3 Å². The van der Waals surface area contributed by atoms with Crippen LogP contribution in [0.4, 0.5) is 20.9 Å². The molecule has 2 heterocycles. The summed E-state index contributed by atoms with van der Waals surface area (Å²) >= 11 is 6.89. The Kier molecular flexibility index (Phi) is 4.89. The Balaban J connectivity index is 1.49. The predicted octanol–water partition coefficient (Wildman–Crippen LogP) is 3.99. The number of hydrogen-bond acceptors (Lipinski definition) is 6. The van der Waals surface area contributed by atoms with Crippen molar-refractivity contribution in [1.29, 1.82) is 0 Å². The Morgan fingerprint density at radius 3 is 2.86 bits per heavy atom. The van der Waals surface area contributed by atoms with Crippen LogP contribution in [0.5, 0.6) is 0 Å². The molecule has 1 unspecified atom stereocenters. The number of aromatic nitrogens is 1. The highest BCUT2D eigenvalue weighted by molar-refractivity contribution is 7.22. The van der Waals surface area contributed by atoms with Gasteiger partial charge in [0.05, 0.1) is 26.1 Å². The third kappa shape index (κ3) is 3.76. The number of nitro benzene ring substituents is 1. The fourth-order valence-corrected chi connectivity index (χ4v) is 4.15. The topological polar surface area (TPSA) is 105 Å². The van der Waals surface area contributed by atoms with Gasteiger partial charge in [0, 0.05) is 30.8 Å². The molecule has 1 fully saturated rings. The van der Waals surface area contributed by atoms with Crippen molar-refractivity contribution in [2.75, 3.05) is 16.8 Å². The second-order valence-corrected chi connectivity index (χ2v) is 7.86. The highest BCUT2D eigenvalue weighted by Gasteiger charge is 2.35. The molecular weight excluding hydrogens is 423 g/mol. The van der Waals surface area contributed by atoms with Gasteiger partial charge in [0.2, 0.25) is 11.8 Å². The molecular formula is C18H12ClFN4O4S. The third-order valence-corrected chi connectivity index (χ3v) is 5.75. The van der Waals surface area contributed by atoms with E-state index < -0.39 is 16.7 Å². The van der Waals surface area contributed by atoms with E-state index in [1.165, 1.54) is 41.3 Å². The summed E-state index contributed by atoms with van der Waals surface area (Å²) in [4.78, 5) is 40.9. The first-order valence-corrected chi connectivity index (χ1v) is 9.62. The molecule has 1 aliphatic heterocycles. The van der Waals surface area contributed by atoms with Crippen LogP contribution in [0.15, 0.2) is 36.4 Å². The second-order valence-electron chi connectivity index (χ2n) is 6.42. The predicted molar refractivity (Wildman–Crippen MR) is 107 cm³/mol. The van der Waals surface area contributed by atoms with Gasteiger partial charge in [-0.25, -0.2) is 9.37 Å². The quantitative estimate of drug-likeness (QED) is 0.493. The number of rotatable bonds is 4. The van der Waals surface area contributed by atoms with Crippen LogP contribution in [0.1, 0.15) is 6.42 Å². The minimum Gasteiger partial charge on any atom is -0.312 e. The molecule has 29 heavy (non-hydrogen) atoms. The largest absolute Gasteiger partial charge is 0.312 e. The van der Waals surface area contributed by atoms with Crippen LogP contribution in [0, 0.1) is 21.8 Å². The van der Waals surface area contributed by atoms with E-state index >= 15 is 0 Å². The molecule has 11 heteroatoms. The summed E-state index contributed by atoms with van der Waals surface area (Å²) in [6.45, 7) is 0.128. The maximum absolute atomic E-state index is 13.3. The Bertz CT molecular complexity index is 1170. The fourth-order valence-electron chi connectivity index (χ4n) is 3.07. The molecule has 1 aromatic heterocycles. The number of carbonyl (C=O) groups excluding carboxylic acids is 2. The molecule has 4 rings (SSSR count). The molecule has 2 amide bonds. The third-order valence-electron chi connectivity index (χ3n) is 4.52. The highest BCUT2D eigenvalue weighted by Crippen LogP contribution is 2.31. The van der Waals surface area contributed by atoms with Gasteiger partial charge in [-0.15, -0.1) is 0 Å². The monoisotopic (exact) mass is 434 g/mol. The zero-order chi connectivity index (χ0) is 20.7. The van der Waals surface area contributed by atoms with Crippen LogP contribution >= 0.6 is 22.9 Å². The number of fused-ring (bicyclic) bond motifs is 1. The molecule has 0 spiro atoms. The van der Waals surface area contributed by atoms with Crippen molar-refractivity contribution >= 4 is 61.5 Å². The first kappa shape index (κ1) is 19.2. The summed E-state index contributed by atoms with van der Waals surface area (Å²) in [5.74, 6) is -1.87. The van der Waals surface area contributed by atoms with Crippen molar-refractivity contribution in [3.8, 4) is 0 Å². The van der Waals surface area contributed by atoms with Crippen LogP contribution < -0.4 is 10.2 Å². The van der Waals surface area contributed by atoms with E-state index in [1.807, 2.05) is 0 Å². The zero-order valence-corrected chi connectivity index (χ0v) is 16.2. The van der Waals surface area contributed by atoms with Gasteiger partial charge >= 0.3 is 0 Å². The number of halogens is 2. The number of nitrogens with zero attached hydrogens (tertiary/aromatic N) is 3. The summed E-state index contributed by atoms with van der Waals surface area (Å²) in [7, 11) is 0. The summed E-state index contributed by atoms with van der Waals surface area (Å²) in [5, 5.41) is 13.7. The Labute approximate surface area is 172 Å². The zero-order valence-electron chi connectivity index (χ0n) is 14.6. The lowest BCUT2D eigenvalue weighted by molar-refractivity contribution is -0.384. The molecule has 1 saturated heterocycles. The number of amides is 2. The molecule has 0 saturated carbocycles. The SMILES string of the molecule is O=C(Nc1nc2ccc([N+](=O)[O-])cc2s1)C1CC(=O)N(c2ccc(F)c(Cl)c2)C1. The number of nitrogens with one attached hydrogen (secondary N) is 1. The maximum atomic E-state index is 13.3. The lowest BCUT2D eigenvalue weighted by Gasteiger charge is -2.17. The second kappa shape index (κ2) is 7.37. The number of anilines is 2. The van der Waals surface area contributed by atoms with Crippen molar-refractivity contribution in [2.24, 2.45) is 5.92 Å². The summed E-state index contributed by atoms with van der Waals surface area (Å²) in [6.07, 6.45) is -0.00278. The van der Waals surface area contributed by atoms with Crippen molar-refractivity contribution in [3.05, 3.63) is 57.4 Å². The van der Waals surface area contributed by atoms with Crippen molar-refractivity contribution < 1.29 is 18.9 Å². The standard InChI is InChI=1S/C18H12ClFN4O4S/c19-12-6-10(1-3-13(12)20)23-8-9(5-16(23)25)17(26)22-18-21-14-4-2-11(24(27)28)7-15(14)29-18/h1-4,6-7,9H,5,8H2,(H,21,22,26). The van der Waals surface area contributed by atoms with Gasteiger partial charge in [0.15, 0.2) is 5.13 Å². The lowest BCUT2D eigenvalue weighted by Crippen LogP contribution is -2.28. The smallest absolute Gasteiger partial charge is 0.270 e. The van der Waals surface area contributed by atoms with E-state index in [4.69, 9.17) is 11.6 Å². The van der Waals surface area contributed by atoms with Gasteiger partial charge in [0.25, 0.3) is 5.69 Å². The van der Waals surface area contributed by atoms with Crippen molar-refractivity contribution in [2.45, 2.75) is 6.42 Å². The molecule has 0 aliphatic carbocycles. The number of thiazole rings is 1. The van der Waals surface area contributed by atoms with Gasteiger partial charge in [-0.1, -0.05) is 22.9 Å². The molecule has 1 aliphatic rings. The minimum absolute atomic E-state index is 0.00278. The van der Waals surface area contributed by atoms with E-state index in [0.717, 1.165) is 11.3 Å². The first-order valence-electron chi connectivity index (χ1n) is 8.43. The van der Waals surface area contributed by atoms with Crippen molar-refractivity contribution in [3.63, 3.8) is 0 Å². The van der Waals surface area contributed by atoms with Gasteiger partial charge in [-0.3, -0.25) is 19.7 Å². The van der Waals surface area contributed by atoms with Crippen LogP contribution in [-0.4, -0.2) is 28.3 Å². The van der Waals surface area contributed by atoms with Crippen LogP contribution in [-0.2, 0) is 9.59 Å².